The van der Waals surface area contributed by atoms with Crippen molar-refractivity contribution < 1.29 is 20.0 Å². The number of hydroxylamine groups is 1. The Morgan fingerprint density at radius 1 is 1.48 bits per heavy atom. The molecule has 1 aromatic rings. The van der Waals surface area contributed by atoms with Gasteiger partial charge < -0.3 is 30.5 Å². The minimum Gasteiger partial charge on any atom is -0.629 e. The lowest BCUT2D eigenvalue weighted by atomic mass is 10.0. The van der Waals surface area contributed by atoms with Crippen molar-refractivity contribution in [2.45, 2.75) is 44.8 Å². The molecule has 0 saturated carbocycles. The second-order valence-corrected chi connectivity index (χ2v) is 6.95. The molecule has 0 fully saturated rings. The zero-order valence-electron chi connectivity index (χ0n) is 14.1. The van der Waals surface area contributed by atoms with E-state index in [1.807, 2.05) is 39.0 Å². The average molecular weight is 324 g/mol. The van der Waals surface area contributed by atoms with E-state index in [4.69, 9.17) is 9.84 Å². The van der Waals surface area contributed by atoms with Crippen LogP contribution in [0.5, 0.6) is 5.75 Å². The summed E-state index contributed by atoms with van der Waals surface area (Å²) < 4.78 is 5.76. The molecule has 130 valence electrons. The topological polar surface area (TPSA) is 89.2 Å². The van der Waals surface area contributed by atoms with Gasteiger partial charge in [-0.2, -0.15) is 0 Å². The molecule has 6 heteroatoms. The van der Waals surface area contributed by atoms with E-state index < -0.39 is 6.10 Å². The minimum absolute atomic E-state index is 0.106. The maximum absolute atomic E-state index is 11.9. The summed E-state index contributed by atoms with van der Waals surface area (Å²) in [6, 6.07) is 5.51. The zero-order valence-corrected chi connectivity index (χ0v) is 14.1. The molecule has 0 amide bonds. The summed E-state index contributed by atoms with van der Waals surface area (Å²) in [5, 5.41) is 34.4. The monoisotopic (exact) mass is 324 g/mol. The molecule has 1 aliphatic rings. The van der Waals surface area contributed by atoms with Gasteiger partial charge in [0.1, 0.15) is 24.1 Å². The predicted molar refractivity (Wildman–Crippen MR) is 89.0 cm³/mol. The molecule has 0 radical (unpaired) electrons. The molecule has 0 aromatic heterocycles. The highest BCUT2D eigenvalue weighted by atomic mass is 16.5. The number of hydrogen-bond acceptors (Lipinski definition) is 5. The Hall–Kier alpha value is -1.18. The van der Waals surface area contributed by atoms with E-state index in [0.717, 1.165) is 11.3 Å². The molecule has 3 atom stereocenters. The first kappa shape index (κ1) is 18.2. The third-order valence-corrected chi connectivity index (χ3v) is 4.34. The lowest BCUT2D eigenvalue weighted by Gasteiger charge is -2.27. The van der Waals surface area contributed by atoms with Crippen LogP contribution in [0.3, 0.4) is 0 Å². The van der Waals surface area contributed by atoms with Crippen molar-refractivity contribution in [3.05, 3.63) is 29.0 Å². The highest BCUT2D eigenvalue weighted by Gasteiger charge is 2.29. The summed E-state index contributed by atoms with van der Waals surface area (Å²) in [6.45, 7) is 7.16. The summed E-state index contributed by atoms with van der Waals surface area (Å²) in [5.74, 6) is 0.849. The van der Waals surface area contributed by atoms with E-state index in [2.05, 4.69) is 5.32 Å². The molecule has 0 saturated heterocycles. The van der Waals surface area contributed by atoms with Crippen LogP contribution in [-0.2, 0) is 0 Å². The number of benzene rings is 1. The molecule has 1 aromatic carbocycles. The number of aliphatic hydroxyl groups is 2. The SMILES string of the molecule is CC1C[NH+]([O-])c2cccc(OCC(O)CNC(C)(C)CCO)c21. The van der Waals surface area contributed by atoms with Gasteiger partial charge >= 0.3 is 0 Å². The lowest BCUT2D eigenvalue weighted by molar-refractivity contribution is -0.770. The van der Waals surface area contributed by atoms with Crippen molar-refractivity contribution in [1.82, 2.24) is 5.32 Å². The minimum atomic E-state index is -0.656. The number of quaternary nitrogens is 1. The molecule has 1 aliphatic heterocycles. The van der Waals surface area contributed by atoms with E-state index in [9.17, 15) is 10.3 Å². The smallest absolute Gasteiger partial charge is 0.138 e. The predicted octanol–water partition coefficient (Wildman–Crippen LogP) is 0.308. The first-order valence-corrected chi connectivity index (χ1v) is 8.17. The van der Waals surface area contributed by atoms with Gasteiger partial charge in [0, 0.05) is 24.6 Å². The first-order chi connectivity index (χ1) is 10.8. The molecule has 4 N–H and O–H groups in total. The third kappa shape index (κ3) is 4.65. The molecule has 23 heavy (non-hydrogen) atoms. The lowest BCUT2D eigenvalue weighted by Crippen LogP contribution is -3.00. The number of hydrogen-bond donors (Lipinski definition) is 4. The van der Waals surface area contributed by atoms with Gasteiger partial charge in [0.2, 0.25) is 0 Å². The molecule has 2 rings (SSSR count). The molecule has 1 heterocycles. The number of nitrogens with one attached hydrogen (secondary N) is 2. The van der Waals surface area contributed by atoms with Crippen LogP contribution in [0.15, 0.2) is 18.2 Å². The van der Waals surface area contributed by atoms with Gasteiger partial charge in [-0.05, 0) is 32.4 Å². The van der Waals surface area contributed by atoms with E-state index in [1.165, 1.54) is 0 Å². The van der Waals surface area contributed by atoms with Crippen molar-refractivity contribution in [2.75, 3.05) is 26.3 Å². The summed E-state index contributed by atoms with van der Waals surface area (Å²) in [6.07, 6.45) is -0.0388. The molecule has 0 bridgehead atoms. The Kier molecular flexibility index (Phi) is 6.00. The van der Waals surface area contributed by atoms with Gasteiger partial charge in [-0.3, -0.25) is 0 Å². The molecular formula is C17H28N2O4. The number of fused-ring (bicyclic) bond motifs is 1. The van der Waals surface area contributed by atoms with Gasteiger partial charge in [0.05, 0.1) is 12.1 Å². The fraction of sp³-hybridized carbons (Fsp3) is 0.647. The van der Waals surface area contributed by atoms with E-state index in [0.29, 0.717) is 25.3 Å². The second kappa shape index (κ2) is 7.59. The van der Waals surface area contributed by atoms with Crippen molar-refractivity contribution in [3.8, 4) is 5.75 Å². The normalized spacial score (nSPS) is 22.0. The Balaban J connectivity index is 1.90. The Morgan fingerprint density at radius 2 is 2.22 bits per heavy atom. The van der Waals surface area contributed by atoms with Crippen LogP contribution in [0.1, 0.15) is 38.7 Å². The Bertz CT molecular complexity index is 521. The van der Waals surface area contributed by atoms with Crippen molar-refractivity contribution >= 4 is 5.69 Å². The maximum Gasteiger partial charge on any atom is 0.138 e. The van der Waals surface area contributed by atoms with Gasteiger partial charge in [-0.25, -0.2) is 0 Å². The second-order valence-electron chi connectivity index (χ2n) is 6.95. The molecule has 0 spiro atoms. The average Bonchev–Trinajstić information content (AvgIpc) is 2.79. The van der Waals surface area contributed by atoms with Crippen molar-refractivity contribution in [1.29, 1.82) is 0 Å². The summed E-state index contributed by atoms with van der Waals surface area (Å²) in [7, 11) is 0. The molecule has 6 nitrogen and oxygen atoms in total. The molecule has 0 aliphatic carbocycles. The molecule has 3 unspecified atom stereocenters. The van der Waals surface area contributed by atoms with Gasteiger partial charge in [-0.15, -0.1) is 0 Å². The van der Waals surface area contributed by atoms with Gasteiger partial charge in [-0.1, -0.05) is 13.0 Å². The van der Waals surface area contributed by atoms with Crippen LogP contribution in [0.2, 0.25) is 0 Å². The Labute approximate surface area is 137 Å². The van der Waals surface area contributed by atoms with Crippen LogP contribution in [0.4, 0.5) is 5.69 Å². The number of aliphatic hydroxyl groups excluding tert-OH is 2. The number of rotatable bonds is 8. The van der Waals surface area contributed by atoms with E-state index >= 15 is 0 Å². The Morgan fingerprint density at radius 3 is 2.91 bits per heavy atom. The standard InChI is InChI=1S/C17H28N2O4/c1-12-10-19(22)14-5-4-6-15(16(12)14)23-11-13(21)9-18-17(2,3)7-8-20/h4-6,12-13,18-21H,7-11H2,1-3H3. The van der Waals surface area contributed by atoms with E-state index in [1.54, 1.807) is 0 Å². The van der Waals surface area contributed by atoms with Crippen LogP contribution in [-0.4, -0.2) is 48.2 Å². The largest absolute Gasteiger partial charge is 0.629 e. The van der Waals surface area contributed by atoms with Crippen LogP contribution < -0.4 is 15.1 Å². The fourth-order valence-electron chi connectivity index (χ4n) is 2.92. The quantitative estimate of drug-likeness (QED) is 0.517. The summed E-state index contributed by atoms with van der Waals surface area (Å²) in [4.78, 5) is 0. The van der Waals surface area contributed by atoms with Crippen LogP contribution >= 0.6 is 0 Å². The highest BCUT2D eigenvalue weighted by Crippen LogP contribution is 2.34. The first-order valence-electron chi connectivity index (χ1n) is 8.17. The van der Waals surface area contributed by atoms with Crippen molar-refractivity contribution in [2.24, 2.45) is 0 Å². The van der Waals surface area contributed by atoms with E-state index in [-0.39, 0.29) is 29.7 Å². The highest BCUT2D eigenvalue weighted by molar-refractivity contribution is 5.53. The fourth-order valence-corrected chi connectivity index (χ4v) is 2.92. The van der Waals surface area contributed by atoms with Gasteiger partial charge in [0.15, 0.2) is 0 Å². The number of β-amino-alcohol motifs (C(OH)–C–C–N with tert-alkyl or cyclic N) is 1. The summed E-state index contributed by atoms with van der Waals surface area (Å²) in [5.41, 5.74) is 1.47. The van der Waals surface area contributed by atoms with Crippen molar-refractivity contribution in [3.63, 3.8) is 0 Å². The third-order valence-electron chi connectivity index (χ3n) is 4.34. The maximum atomic E-state index is 11.9. The zero-order chi connectivity index (χ0) is 17.0. The number of ether oxygens (including phenoxy) is 1. The summed E-state index contributed by atoms with van der Waals surface area (Å²) >= 11 is 0. The van der Waals surface area contributed by atoms with Crippen LogP contribution in [0.25, 0.3) is 0 Å². The van der Waals surface area contributed by atoms with Crippen LogP contribution in [0, 0.1) is 5.21 Å². The van der Waals surface area contributed by atoms with Gasteiger partial charge in [0.25, 0.3) is 0 Å². The molecular weight excluding hydrogens is 296 g/mol.